The molecule has 1 aromatic heterocycles. The SMILES string of the molecule is Cc1nc2ccccc2c(NC[C@@H](O)CN2CCOCC2)c1C. The van der Waals surface area contributed by atoms with Gasteiger partial charge in [-0.15, -0.1) is 0 Å². The second-order valence-electron chi connectivity index (χ2n) is 6.16. The predicted molar refractivity (Wildman–Crippen MR) is 93.0 cm³/mol. The van der Waals surface area contributed by atoms with Crippen LogP contribution in [0.15, 0.2) is 24.3 Å². The molecule has 0 saturated carbocycles. The summed E-state index contributed by atoms with van der Waals surface area (Å²) in [5.41, 5.74) is 4.23. The summed E-state index contributed by atoms with van der Waals surface area (Å²) in [5, 5.41) is 14.9. The van der Waals surface area contributed by atoms with E-state index in [-0.39, 0.29) is 0 Å². The first kappa shape index (κ1) is 16.2. The van der Waals surface area contributed by atoms with Crippen molar-refractivity contribution in [2.75, 3.05) is 44.7 Å². The van der Waals surface area contributed by atoms with Crippen LogP contribution >= 0.6 is 0 Å². The van der Waals surface area contributed by atoms with E-state index in [0.29, 0.717) is 13.1 Å². The number of benzene rings is 1. The Labute approximate surface area is 137 Å². The van der Waals surface area contributed by atoms with Crippen LogP contribution in [-0.4, -0.2) is 60.5 Å². The van der Waals surface area contributed by atoms with E-state index in [1.807, 2.05) is 25.1 Å². The number of hydrogen-bond donors (Lipinski definition) is 2. The number of hydrogen-bond acceptors (Lipinski definition) is 5. The van der Waals surface area contributed by atoms with Gasteiger partial charge in [0.15, 0.2) is 0 Å². The van der Waals surface area contributed by atoms with Crippen molar-refractivity contribution in [2.24, 2.45) is 0 Å². The number of morpholine rings is 1. The monoisotopic (exact) mass is 315 g/mol. The molecule has 0 unspecified atom stereocenters. The van der Waals surface area contributed by atoms with Gasteiger partial charge in [-0.2, -0.15) is 0 Å². The average Bonchev–Trinajstić information content (AvgIpc) is 2.56. The number of aromatic nitrogens is 1. The van der Waals surface area contributed by atoms with Crippen LogP contribution in [-0.2, 0) is 4.74 Å². The second kappa shape index (κ2) is 7.25. The molecule has 1 saturated heterocycles. The molecule has 1 atom stereocenters. The molecular formula is C18H25N3O2. The topological polar surface area (TPSA) is 57.6 Å². The number of rotatable bonds is 5. The molecule has 0 radical (unpaired) electrons. The summed E-state index contributed by atoms with van der Waals surface area (Å²) in [6, 6.07) is 8.12. The van der Waals surface area contributed by atoms with E-state index in [1.165, 1.54) is 0 Å². The minimum atomic E-state index is -0.403. The first-order chi connectivity index (χ1) is 11.1. The van der Waals surface area contributed by atoms with Crippen molar-refractivity contribution < 1.29 is 9.84 Å². The fourth-order valence-corrected chi connectivity index (χ4v) is 3.02. The summed E-state index contributed by atoms with van der Waals surface area (Å²) in [4.78, 5) is 6.88. The lowest BCUT2D eigenvalue weighted by molar-refractivity contribution is 0.0171. The van der Waals surface area contributed by atoms with Gasteiger partial charge in [0.1, 0.15) is 0 Å². The largest absolute Gasteiger partial charge is 0.390 e. The molecule has 3 rings (SSSR count). The summed E-state index contributed by atoms with van der Waals surface area (Å²) >= 11 is 0. The Morgan fingerprint density at radius 1 is 1.26 bits per heavy atom. The molecular weight excluding hydrogens is 290 g/mol. The van der Waals surface area contributed by atoms with Crippen LogP contribution in [0.5, 0.6) is 0 Å². The highest BCUT2D eigenvalue weighted by Gasteiger charge is 2.16. The first-order valence-corrected chi connectivity index (χ1v) is 8.23. The van der Waals surface area contributed by atoms with Crippen LogP contribution in [0, 0.1) is 13.8 Å². The van der Waals surface area contributed by atoms with Crippen LogP contribution in [0.4, 0.5) is 5.69 Å². The van der Waals surface area contributed by atoms with Crippen LogP contribution in [0.2, 0.25) is 0 Å². The zero-order chi connectivity index (χ0) is 16.2. The van der Waals surface area contributed by atoms with Gasteiger partial charge in [-0.1, -0.05) is 18.2 Å². The first-order valence-electron chi connectivity index (χ1n) is 8.23. The number of fused-ring (bicyclic) bond motifs is 1. The van der Waals surface area contributed by atoms with E-state index in [4.69, 9.17) is 4.74 Å². The molecule has 5 heteroatoms. The second-order valence-corrected chi connectivity index (χ2v) is 6.16. The predicted octanol–water partition coefficient (Wildman–Crippen LogP) is 1.96. The standard InChI is InChI=1S/C18H25N3O2/c1-13-14(2)20-17-6-4-3-5-16(17)18(13)19-11-15(22)12-21-7-9-23-10-8-21/h3-6,15,22H,7-12H2,1-2H3,(H,19,20)/t15-/m1/s1. The lowest BCUT2D eigenvalue weighted by Gasteiger charge is -2.28. The minimum Gasteiger partial charge on any atom is -0.390 e. The summed E-state index contributed by atoms with van der Waals surface area (Å²) in [7, 11) is 0. The van der Waals surface area contributed by atoms with Crippen LogP contribution < -0.4 is 5.32 Å². The fraction of sp³-hybridized carbons (Fsp3) is 0.500. The van der Waals surface area contributed by atoms with E-state index >= 15 is 0 Å². The number of nitrogens with zero attached hydrogens (tertiary/aromatic N) is 2. The zero-order valence-corrected chi connectivity index (χ0v) is 13.9. The molecule has 0 amide bonds. The number of aliphatic hydroxyl groups is 1. The highest BCUT2D eigenvalue weighted by molar-refractivity contribution is 5.93. The Bertz CT molecular complexity index is 669. The van der Waals surface area contributed by atoms with Crippen LogP contribution in [0.1, 0.15) is 11.3 Å². The van der Waals surface area contributed by atoms with Gasteiger partial charge in [-0.3, -0.25) is 9.88 Å². The number of β-amino-alcohol motifs (C(OH)–C–C–N with tert-alkyl or cyclic N) is 1. The Balaban J connectivity index is 1.70. The quantitative estimate of drug-likeness (QED) is 0.883. The molecule has 5 nitrogen and oxygen atoms in total. The van der Waals surface area contributed by atoms with Crippen molar-refractivity contribution in [1.82, 2.24) is 9.88 Å². The molecule has 1 aliphatic rings. The summed E-state index contributed by atoms with van der Waals surface area (Å²) in [6.45, 7) is 8.62. The van der Waals surface area contributed by atoms with Crippen molar-refractivity contribution in [1.29, 1.82) is 0 Å². The van der Waals surface area contributed by atoms with Crippen LogP contribution in [0.3, 0.4) is 0 Å². The summed E-state index contributed by atoms with van der Waals surface area (Å²) in [6.07, 6.45) is -0.403. The normalized spacial score (nSPS) is 17.3. The molecule has 1 aromatic carbocycles. The van der Waals surface area contributed by atoms with Crippen molar-refractivity contribution >= 4 is 16.6 Å². The smallest absolute Gasteiger partial charge is 0.0839 e. The van der Waals surface area contributed by atoms with Gasteiger partial charge in [0.05, 0.1) is 24.8 Å². The maximum atomic E-state index is 10.3. The Morgan fingerprint density at radius 2 is 2.00 bits per heavy atom. The third-order valence-corrected chi connectivity index (χ3v) is 4.47. The van der Waals surface area contributed by atoms with Crippen molar-refractivity contribution in [3.05, 3.63) is 35.5 Å². The lowest BCUT2D eigenvalue weighted by Crippen LogP contribution is -2.42. The van der Waals surface area contributed by atoms with Gasteiger partial charge >= 0.3 is 0 Å². The highest BCUT2D eigenvalue weighted by atomic mass is 16.5. The van der Waals surface area contributed by atoms with Gasteiger partial charge in [-0.05, 0) is 25.5 Å². The Kier molecular flexibility index (Phi) is 5.10. The van der Waals surface area contributed by atoms with E-state index < -0.39 is 6.10 Å². The molecule has 0 spiro atoms. The molecule has 23 heavy (non-hydrogen) atoms. The number of aryl methyl sites for hydroxylation is 1. The van der Waals surface area contributed by atoms with E-state index in [0.717, 1.165) is 54.2 Å². The van der Waals surface area contributed by atoms with E-state index in [2.05, 4.69) is 28.2 Å². The van der Waals surface area contributed by atoms with E-state index in [1.54, 1.807) is 0 Å². The molecule has 1 aliphatic heterocycles. The lowest BCUT2D eigenvalue weighted by atomic mass is 10.1. The molecule has 124 valence electrons. The molecule has 2 N–H and O–H groups in total. The van der Waals surface area contributed by atoms with Gasteiger partial charge < -0.3 is 15.2 Å². The number of ether oxygens (including phenoxy) is 1. The van der Waals surface area contributed by atoms with Gasteiger partial charge in [0.2, 0.25) is 0 Å². The van der Waals surface area contributed by atoms with Crippen molar-refractivity contribution in [3.8, 4) is 0 Å². The molecule has 0 aliphatic carbocycles. The van der Waals surface area contributed by atoms with Gasteiger partial charge in [0, 0.05) is 42.9 Å². The highest BCUT2D eigenvalue weighted by Crippen LogP contribution is 2.27. The maximum absolute atomic E-state index is 10.3. The van der Waals surface area contributed by atoms with Gasteiger partial charge in [-0.25, -0.2) is 0 Å². The average molecular weight is 315 g/mol. The molecule has 0 bridgehead atoms. The number of anilines is 1. The molecule has 2 heterocycles. The van der Waals surface area contributed by atoms with Crippen molar-refractivity contribution in [2.45, 2.75) is 20.0 Å². The van der Waals surface area contributed by atoms with Crippen LogP contribution in [0.25, 0.3) is 10.9 Å². The number of para-hydroxylation sites is 1. The number of nitrogens with one attached hydrogen (secondary N) is 1. The fourth-order valence-electron chi connectivity index (χ4n) is 3.02. The van der Waals surface area contributed by atoms with Gasteiger partial charge in [0.25, 0.3) is 0 Å². The number of aliphatic hydroxyl groups excluding tert-OH is 1. The summed E-state index contributed by atoms with van der Waals surface area (Å²) < 4.78 is 5.34. The van der Waals surface area contributed by atoms with E-state index in [9.17, 15) is 5.11 Å². The number of pyridine rings is 1. The zero-order valence-electron chi connectivity index (χ0n) is 13.9. The third-order valence-electron chi connectivity index (χ3n) is 4.47. The minimum absolute atomic E-state index is 0.403. The maximum Gasteiger partial charge on any atom is 0.0839 e. The Hall–Kier alpha value is -1.69. The molecule has 2 aromatic rings. The molecule has 1 fully saturated rings. The summed E-state index contributed by atoms with van der Waals surface area (Å²) in [5.74, 6) is 0. The third kappa shape index (κ3) is 3.80. The Morgan fingerprint density at radius 3 is 2.78 bits per heavy atom. The van der Waals surface area contributed by atoms with Crippen molar-refractivity contribution in [3.63, 3.8) is 0 Å².